The Morgan fingerprint density at radius 1 is 1.53 bits per heavy atom. The minimum atomic E-state index is 0.0469. The van der Waals surface area contributed by atoms with Crippen molar-refractivity contribution in [2.45, 2.75) is 26.7 Å². The number of hydrogen-bond donors (Lipinski definition) is 1. The van der Waals surface area contributed by atoms with Gasteiger partial charge in [-0.2, -0.15) is 0 Å². The Bertz CT molecular complexity index is 303. The van der Waals surface area contributed by atoms with Crippen LogP contribution >= 0.6 is 15.9 Å². The van der Waals surface area contributed by atoms with Crippen LogP contribution in [-0.2, 0) is 4.79 Å². The van der Waals surface area contributed by atoms with Crippen molar-refractivity contribution >= 4 is 21.8 Å². The van der Waals surface area contributed by atoms with Gasteiger partial charge in [-0.05, 0) is 18.9 Å². The fourth-order valence-corrected chi connectivity index (χ4v) is 1.22. The Balaban J connectivity index is 4.74. The van der Waals surface area contributed by atoms with Gasteiger partial charge in [-0.25, -0.2) is 0 Å². The lowest BCUT2D eigenvalue weighted by Gasteiger charge is -2.04. The second kappa shape index (κ2) is 7.46. The van der Waals surface area contributed by atoms with Gasteiger partial charge in [0.2, 0.25) is 5.91 Å². The van der Waals surface area contributed by atoms with Crippen LogP contribution in [0, 0.1) is 0 Å². The van der Waals surface area contributed by atoms with Gasteiger partial charge in [0.25, 0.3) is 0 Å². The first kappa shape index (κ1) is 14.2. The molecular weight excluding hydrogens is 254 g/mol. The first-order chi connectivity index (χ1) is 7.04. The summed E-state index contributed by atoms with van der Waals surface area (Å²) in [6, 6.07) is 0. The van der Waals surface area contributed by atoms with Gasteiger partial charge >= 0.3 is 0 Å². The molecule has 0 spiro atoms. The number of carbonyl (C=O) groups excluding carboxylic acids is 1. The molecule has 0 saturated carbocycles. The van der Waals surface area contributed by atoms with Crippen LogP contribution in [0.5, 0.6) is 0 Å². The zero-order valence-corrected chi connectivity index (χ0v) is 11.1. The fraction of sp³-hybridized carbons (Fsp3) is 0.417. The van der Waals surface area contributed by atoms with Crippen LogP contribution in [0.3, 0.4) is 0 Å². The predicted octanol–water partition coefficient (Wildman–Crippen LogP) is 3.31. The first-order valence-corrected chi connectivity index (χ1v) is 5.73. The molecule has 1 amide bonds. The molecule has 3 heteroatoms. The maximum absolute atomic E-state index is 11.2. The van der Waals surface area contributed by atoms with Crippen LogP contribution < -0.4 is 5.32 Å². The molecule has 1 N–H and O–H groups in total. The third kappa shape index (κ3) is 5.57. The Kier molecular flexibility index (Phi) is 7.05. The van der Waals surface area contributed by atoms with E-state index in [0.29, 0.717) is 6.42 Å². The van der Waals surface area contributed by atoms with E-state index < -0.39 is 0 Å². The molecule has 0 rings (SSSR count). The van der Waals surface area contributed by atoms with E-state index in [0.717, 1.165) is 22.0 Å². The van der Waals surface area contributed by atoms with Crippen molar-refractivity contribution < 1.29 is 4.79 Å². The second-order valence-corrected chi connectivity index (χ2v) is 4.10. The highest BCUT2D eigenvalue weighted by Gasteiger charge is 2.02. The van der Waals surface area contributed by atoms with Gasteiger partial charge in [0.1, 0.15) is 0 Å². The van der Waals surface area contributed by atoms with Crippen molar-refractivity contribution in [3.8, 4) is 0 Å². The molecule has 0 aromatic rings. The quantitative estimate of drug-likeness (QED) is 0.764. The van der Waals surface area contributed by atoms with E-state index in [1.807, 2.05) is 19.9 Å². The van der Waals surface area contributed by atoms with Crippen molar-refractivity contribution in [3.63, 3.8) is 0 Å². The van der Waals surface area contributed by atoms with Crippen LogP contribution in [0.25, 0.3) is 0 Å². The van der Waals surface area contributed by atoms with E-state index in [4.69, 9.17) is 0 Å². The summed E-state index contributed by atoms with van der Waals surface area (Å²) in [6.45, 7) is 7.72. The minimum Gasteiger partial charge on any atom is -0.359 e. The van der Waals surface area contributed by atoms with Crippen LogP contribution in [0.15, 0.2) is 34.4 Å². The summed E-state index contributed by atoms with van der Waals surface area (Å²) in [5, 5.41) is 2.62. The Labute approximate surface area is 100 Å². The van der Waals surface area contributed by atoms with Crippen molar-refractivity contribution in [2.75, 3.05) is 7.05 Å². The monoisotopic (exact) mass is 271 g/mol. The smallest absolute Gasteiger partial charge is 0.223 e. The molecule has 0 fully saturated rings. The van der Waals surface area contributed by atoms with Gasteiger partial charge in [0, 0.05) is 18.0 Å². The number of carbonyl (C=O) groups is 1. The molecule has 0 aromatic heterocycles. The van der Waals surface area contributed by atoms with E-state index in [1.54, 1.807) is 13.1 Å². The van der Waals surface area contributed by atoms with E-state index in [-0.39, 0.29) is 5.91 Å². The van der Waals surface area contributed by atoms with Gasteiger partial charge in [0.15, 0.2) is 0 Å². The van der Waals surface area contributed by atoms with Crippen molar-refractivity contribution in [3.05, 3.63) is 34.4 Å². The summed E-state index contributed by atoms with van der Waals surface area (Å²) in [5.74, 6) is 0.0469. The number of rotatable bonds is 5. The van der Waals surface area contributed by atoms with Gasteiger partial charge in [0.05, 0.1) is 0 Å². The number of halogens is 1. The summed E-state index contributed by atoms with van der Waals surface area (Å²) in [7, 11) is 1.65. The van der Waals surface area contributed by atoms with Gasteiger partial charge < -0.3 is 5.32 Å². The SMILES string of the molecule is C=C/C(Br)=C(C)\C=C(/CC)CC(=O)NC. The third-order valence-corrected chi connectivity index (χ3v) is 3.05. The lowest BCUT2D eigenvalue weighted by Crippen LogP contribution is -2.17. The molecule has 84 valence electrons. The van der Waals surface area contributed by atoms with E-state index in [1.165, 1.54) is 0 Å². The zero-order chi connectivity index (χ0) is 11.8. The molecule has 0 heterocycles. The zero-order valence-electron chi connectivity index (χ0n) is 9.56. The predicted molar refractivity (Wildman–Crippen MR) is 68.9 cm³/mol. The van der Waals surface area contributed by atoms with E-state index >= 15 is 0 Å². The van der Waals surface area contributed by atoms with Crippen molar-refractivity contribution in [1.29, 1.82) is 0 Å². The lowest BCUT2D eigenvalue weighted by molar-refractivity contribution is -0.119. The summed E-state index contributed by atoms with van der Waals surface area (Å²) in [6.07, 6.45) is 5.12. The normalized spacial score (nSPS) is 13.2. The molecule has 0 saturated heterocycles. The molecule has 15 heavy (non-hydrogen) atoms. The largest absolute Gasteiger partial charge is 0.359 e. The number of hydrogen-bond acceptors (Lipinski definition) is 1. The van der Waals surface area contributed by atoms with Gasteiger partial charge in [-0.1, -0.05) is 47.2 Å². The van der Waals surface area contributed by atoms with Crippen LogP contribution in [0.2, 0.25) is 0 Å². The average Bonchev–Trinajstić information content (AvgIpc) is 2.26. The molecule has 2 nitrogen and oxygen atoms in total. The molecule has 0 aliphatic carbocycles. The number of nitrogens with one attached hydrogen (secondary N) is 1. The Morgan fingerprint density at radius 2 is 2.13 bits per heavy atom. The van der Waals surface area contributed by atoms with Gasteiger partial charge in [-0.15, -0.1) is 0 Å². The molecule has 0 aromatic carbocycles. The number of amides is 1. The summed E-state index contributed by atoms with van der Waals surface area (Å²) < 4.78 is 0.963. The topological polar surface area (TPSA) is 29.1 Å². The molecule has 0 aliphatic heterocycles. The van der Waals surface area contributed by atoms with Crippen molar-refractivity contribution in [1.82, 2.24) is 5.32 Å². The lowest BCUT2D eigenvalue weighted by atomic mass is 10.1. The first-order valence-electron chi connectivity index (χ1n) is 4.94. The Morgan fingerprint density at radius 3 is 2.53 bits per heavy atom. The molecular formula is C12H18BrNO. The molecule has 0 bridgehead atoms. The standard InChI is InChI=1S/C12H18BrNO/c1-5-10(8-12(15)14-4)7-9(3)11(13)6-2/h6-7H,2,5,8H2,1,3-4H3,(H,14,15)/b10-7+,11-9+. The maximum atomic E-state index is 11.2. The van der Waals surface area contributed by atoms with Crippen LogP contribution in [0.4, 0.5) is 0 Å². The van der Waals surface area contributed by atoms with Crippen LogP contribution in [0.1, 0.15) is 26.7 Å². The highest BCUT2D eigenvalue weighted by atomic mass is 79.9. The van der Waals surface area contributed by atoms with Crippen molar-refractivity contribution in [2.24, 2.45) is 0 Å². The maximum Gasteiger partial charge on any atom is 0.223 e. The third-order valence-electron chi connectivity index (χ3n) is 2.10. The minimum absolute atomic E-state index is 0.0469. The molecule has 0 atom stereocenters. The molecule has 0 aliphatic rings. The molecule has 0 radical (unpaired) electrons. The fourth-order valence-electron chi connectivity index (χ4n) is 1.11. The van der Waals surface area contributed by atoms with Crippen LogP contribution in [-0.4, -0.2) is 13.0 Å². The van der Waals surface area contributed by atoms with E-state index in [2.05, 4.69) is 27.8 Å². The highest BCUT2D eigenvalue weighted by molar-refractivity contribution is 9.11. The summed E-state index contributed by atoms with van der Waals surface area (Å²) in [5.41, 5.74) is 2.21. The highest BCUT2D eigenvalue weighted by Crippen LogP contribution is 2.17. The second-order valence-electron chi connectivity index (χ2n) is 3.24. The summed E-state index contributed by atoms with van der Waals surface area (Å²) >= 11 is 3.40. The summed E-state index contributed by atoms with van der Waals surface area (Å²) in [4.78, 5) is 11.2. The molecule has 0 unspecified atom stereocenters. The number of allylic oxidation sites excluding steroid dienone is 4. The van der Waals surface area contributed by atoms with E-state index in [9.17, 15) is 4.79 Å². The van der Waals surface area contributed by atoms with Gasteiger partial charge in [-0.3, -0.25) is 4.79 Å². The average molecular weight is 272 g/mol. The Hall–Kier alpha value is -0.830.